The average Bonchev–Trinajstić information content (AvgIpc) is 3.21. The molecule has 0 aliphatic carbocycles. The number of ether oxygens (including phenoxy) is 1. The Hall–Kier alpha value is -2.35. The molecule has 0 bridgehead atoms. The Morgan fingerprint density at radius 1 is 1.48 bits per heavy atom. The zero-order chi connectivity index (χ0) is 16.2. The number of imidazole rings is 1. The molecule has 0 unspecified atom stereocenters. The molecule has 23 heavy (non-hydrogen) atoms. The molecule has 8 heteroatoms. The van der Waals surface area contributed by atoms with Crippen LogP contribution in [0.4, 0.5) is 4.79 Å². The van der Waals surface area contributed by atoms with Gasteiger partial charge in [-0.15, -0.1) is 0 Å². The van der Waals surface area contributed by atoms with Crippen molar-refractivity contribution in [1.29, 1.82) is 0 Å². The van der Waals surface area contributed by atoms with E-state index in [-0.39, 0.29) is 24.2 Å². The normalized spacial score (nSPS) is 22.0. The SMILES string of the molecule is C[C@@H](Cn1cccn1)NC(=O)N[C@H]1CCO[C@@H]1c1nccn1C. The van der Waals surface area contributed by atoms with Crippen LogP contribution in [0.3, 0.4) is 0 Å². The van der Waals surface area contributed by atoms with Crippen LogP contribution in [0.1, 0.15) is 25.3 Å². The highest BCUT2D eigenvalue weighted by Gasteiger charge is 2.33. The van der Waals surface area contributed by atoms with Gasteiger partial charge in [-0.3, -0.25) is 4.68 Å². The third kappa shape index (κ3) is 3.70. The van der Waals surface area contributed by atoms with Gasteiger partial charge in [0.05, 0.1) is 12.6 Å². The van der Waals surface area contributed by atoms with Gasteiger partial charge in [0.1, 0.15) is 11.9 Å². The minimum Gasteiger partial charge on any atom is -0.368 e. The number of aryl methyl sites for hydroxylation is 1. The maximum Gasteiger partial charge on any atom is 0.315 e. The van der Waals surface area contributed by atoms with E-state index in [2.05, 4.69) is 20.7 Å². The van der Waals surface area contributed by atoms with Crippen molar-refractivity contribution in [2.75, 3.05) is 6.61 Å². The zero-order valence-electron chi connectivity index (χ0n) is 13.3. The molecule has 2 aromatic heterocycles. The van der Waals surface area contributed by atoms with Gasteiger partial charge in [0, 0.05) is 44.5 Å². The predicted molar refractivity (Wildman–Crippen MR) is 83.7 cm³/mol. The summed E-state index contributed by atoms with van der Waals surface area (Å²) in [6.45, 7) is 3.19. The van der Waals surface area contributed by atoms with Crippen LogP contribution < -0.4 is 10.6 Å². The number of carbonyl (C=O) groups excluding carboxylic acids is 1. The van der Waals surface area contributed by atoms with Crippen LogP contribution in [0.25, 0.3) is 0 Å². The first-order valence-corrected chi connectivity index (χ1v) is 7.77. The van der Waals surface area contributed by atoms with Gasteiger partial charge in [0.2, 0.25) is 0 Å². The van der Waals surface area contributed by atoms with Gasteiger partial charge in [-0.05, 0) is 19.4 Å². The Morgan fingerprint density at radius 3 is 3.04 bits per heavy atom. The van der Waals surface area contributed by atoms with Crippen LogP contribution in [0, 0.1) is 0 Å². The Labute approximate surface area is 134 Å². The second kappa shape index (κ2) is 6.82. The lowest BCUT2D eigenvalue weighted by Gasteiger charge is -2.21. The number of nitrogens with one attached hydrogen (secondary N) is 2. The molecule has 2 amide bonds. The van der Waals surface area contributed by atoms with Crippen LogP contribution >= 0.6 is 0 Å². The van der Waals surface area contributed by atoms with Gasteiger partial charge in [0.25, 0.3) is 0 Å². The number of rotatable bonds is 5. The summed E-state index contributed by atoms with van der Waals surface area (Å²) in [7, 11) is 1.92. The first kappa shape index (κ1) is 15.5. The van der Waals surface area contributed by atoms with Crippen LogP contribution in [0.5, 0.6) is 0 Å². The molecule has 1 saturated heterocycles. The number of urea groups is 1. The molecule has 2 N–H and O–H groups in total. The van der Waals surface area contributed by atoms with E-state index >= 15 is 0 Å². The Balaban J connectivity index is 1.53. The van der Waals surface area contributed by atoms with Crippen LogP contribution in [-0.2, 0) is 18.3 Å². The smallest absolute Gasteiger partial charge is 0.315 e. The average molecular weight is 318 g/mol. The van der Waals surface area contributed by atoms with Crippen molar-refractivity contribution in [3.05, 3.63) is 36.7 Å². The molecule has 1 aliphatic heterocycles. The monoisotopic (exact) mass is 318 g/mol. The Morgan fingerprint density at radius 2 is 2.35 bits per heavy atom. The van der Waals surface area contributed by atoms with Gasteiger partial charge in [0.15, 0.2) is 0 Å². The van der Waals surface area contributed by atoms with Crippen molar-refractivity contribution in [1.82, 2.24) is 30.0 Å². The lowest BCUT2D eigenvalue weighted by Crippen LogP contribution is -2.47. The van der Waals surface area contributed by atoms with E-state index in [1.807, 2.05) is 37.0 Å². The largest absolute Gasteiger partial charge is 0.368 e. The van der Waals surface area contributed by atoms with Crippen LogP contribution in [0.2, 0.25) is 0 Å². The molecule has 3 rings (SSSR count). The molecule has 0 radical (unpaired) electrons. The second-order valence-electron chi connectivity index (χ2n) is 5.83. The summed E-state index contributed by atoms with van der Waals surface area (Å²) in [5, 5.41) is 10.1. The fourth-order valence-electron chi connectivity index (χ4n) is 2.81. The van der Waals surface area contributed by atoms with Crippen molar-refractivity contribution in [2.45, 2.75) is 38.1 Å². The minimum atomic E-state index is -0.206. The standard InChI is InChI=1S/C15H22N6O2/c1-11(10-21-7-3-5-17-21)18-15(22)19-12-4-9-23-13(12)14-16-6-8-20(14)2/h3,5-8,11-13H,4,9-10H2,1-2H3,(H2,18,19,22)/t11-,12-,13-/m0/s1. The van der Waals surface area contributed by atoms with Crippen LogP contribution in [-0.4, -0.2) is 44.1 Å². The molecule has 1 fully saturated rings. The molecule has 0 aromatic carbocycles. The Bertz CT molecular complexity index is 638. The van der Waals surface area contributed by atoms with E-state index in [1.165, 1.54) is 0 Å². The number of carbonyl (C=O) groups is 1. The third-order valence-corrected chi connectivity index (χ3v) is 3.92. The number of nitrogens with zero attached hydrogens (tertiary/aromatic N) is 4. The third-order valence-electron chi connectivity index (χ3n) is 3.92. The number of hydrogen-bond acceptors (Lipinski definition) is 4. The summed E-state index contributed by atoms with van der Waals surface area (Å²) in [6, 6.07) is 1.57. The molecule has 1 aliphatic rings. The van der Waals surface area contributed by atoms with Gasteiger partial charge in [-0.2, -0.15) is 5.10 Å². The lowest BCUT2D eigenvalue weighted by atomic mass is 10.1. The fraction of sp³-hybridized carbons (Fsp3) is 0.533. The molecule has 3 atom stereocenters. The second-order valence-corrected chi connectivity index (χ2v) is 5.83. The van der Waals surface area contributed by atoms with Gasteiger partial charge < -0.3 is 19.9 Å². The van der Waals surface area contributed by atoms with Crippen molar-refractivity contribution in [2.24, 2.45) is 7.05 Å². The lowest BCUT2D eigenvalue weighted by molar-refractivity contribution is 0.0907. The highest BCUT2D eigenvalue weighted by atomic mass is 16.5. The van der Waals surface area contributed by atoms with Gasteiger partial charge in [-0.1, -0.05) is 0 Å². The van der Waals surface area contributed by atoms with Gasteiger partial charge in [-0.25, -0.2) is 9.78 Å². The first-order chi connectivity index (χ1) is 11.1. The van der Waals surface area contributed by atoms with E-state index < -0.39 is 0 Å². The van der Waals surface area contributed by atoms with Crippen LogP contribution in [0.15, 0.2) is 30.9 Å². The summed E-state index contributed by atoms with van der Waals surface area (Å²) in [5.74, 6) is 0.831. The molecule has 3 heterocycles. The molecule has 8 nitrogen and oxygen atoms in total. The summed E-state index contributed by atoms with van der Waals surface area (Å²) in [5.41, 5.74) is 0. The maximum absolute atomic E-state index is 12.2. The van der Waals surface area contributed by atoms with Crippen molar-refractivity contribution in [3.63, 3.8) is 0 Å². The van der Waals surface area contributed by atoms with E-state index in [4.69, 9.17) is 4.74 Å². The topological polar surface area (TPSA) is 86.0 Å². The van der Waals surface area contributed by atoms with Crippen molar-refractivity contribution < 1.29 is 9.53 Å². The number of hydrogen-bond donors (Lipinski definition) is 2. The summed E-state index contributed by atoms with van der Waals surface area (Å²) in [6.07, 6.45) is 7.78. The summed E-state index contributed by atoms with van der Waals surface area (Å²) < 4.78 is 9.45. The molecular formula is C15H22N6O2. The first-order valence-electron chi connectivity index (χ1n) is 7.77. The van der Waals surface area contributed by atoms with E-state index in [9.17, 15) is 4.79 Å². The quantitative estimate of drug-likeness (QED) is 0.855. The molecule has 0 saturated carbocycles. The highest BCUT2D eigenvalue weighted by molar-refractivity contribution is 5.74. The van der Waals surface area contributed by atoms with Gasteiger partial charge >= 0.3 is 6.03 Å². The molecule has 0 spiro atoms. The predicted octanol–water partition coefficient (Wildman–Crippen LogP) is 0.834. The fourth-order valence-corrected chi connectivity index (χ4v) is 2.81. The van der Waals surface area contributed by atoms with E-state index in [1.54, 1.807) is 17.1 Å². The number of aromatic nitrogens is 4. The summed E-state index contributed by atoms with van der Waals surface area (Å²) >= 11 is 0. The maximum atomic E-state index is 12.2. The number of amides is 2. The van der Waals surface area contributed by atoms with E-state index in [0.29, 0.717) is 13.2 Å². The Kier molecular flexibility index (Phi) is 4.61. The zero-order valence-corrected chi connectivity index (χ0v) is 13.3. The minimum absolute atomic E-state index is 0.0242. The molecule has 2 aromatic rings. The summed E-state index contributed by atoms with van der Waals surface area (Å²) in [4.78, 5) is 16.5. The van der Waals surface area contributed by atoms with Crippen molar-refractivity contribution in [3.8, 4) is 0 Å². The highest BCUT2D eigenvalue weighted by Crippen LogP contribution is 2.27. The molecular weight excluding hydrogens is 296 g/mol. The van der Waals surface area contributed by atoms with E-state index in [0.717, 1.165) is 12.2 Å². The van der Waals surface area contributed by atoms with Crippen molar-refractivity contribution >= 4 is 6.03 Å². The molecule has 124 valence electrons.